The van der Waals surface area contributed by atoms with Crippen molar-refractivity contribution in [3.63, 3.8) is 0 Å². The molecule has 9 heteroatoms. The molecule has 9 nitrogen and oxygen atoms in total. The molecule has 0 atom stereocenters. The molecule has 0 saturated carbocycles. The van der Waals surface area contributed by atoms with Crippen molar-refractivity contribution in [3.05, 3.63) is 97.0 Å². The zero-order valence-corrected chi connectivity index (χ0v) is 23.2. The molecule has 0 spiro atoms. The molecule has 0 bridgehead atoms. The van der Waals surface area contributed by atoms with Crippen LogP contribution in [-0.2, 0) is 6.54 Å². The van der Waals surface area contributed by atoms with E-state index >= 15 is 0 Å². The quantitative estimate of drug-likeness (QED) is 0.318. The van der Waals surface area contributed by atoms with E-state index in [2.05, 4.69) is 78.1 Å². The van der Waals surface area contributed by atoms with Gasteiger partial charge in [0.1, 0.15) is 12.1 Å². The van der Waals surface area contributed by atoms with E-state index in [1.165, 1.54) is 5.56 Å². The normalized spacial score (nSPS) is 16.8. The van der Waals surface area contributed by atoms with Crippen molar-refractivity contribution in [1.82, 2.24) is 29.4 Å². The summed E-state index contributed by atoms with van der Waals surface area (Å²) in [5, 5.41) is 3.79. The molecule has 2 saturated heterocycles. The third kappa shape index (κ3) is 5.58. The fraction of sp³-hybridized carbons (Fsp3) is 0.312. The van der Waals surface area contributed by atoms with E-state index in [1.54, 1.807) is 0 Å². The Bertz CT molecular complexity index is 1560. The van der Waals surface area contributed by atoms with Crippen LogP contribution in [0.25, 0.3) is 16.9 Å². The van der Waals surface area contributed by atoms with E-state index in [0.717, 1.165) is 93.1 Å². The molecule has 3 aromatic heterocycles. The van der Waals surface area contributed by atoms with Crippen LogP contribution in [-0.4, -0.2) is 74.7 Å². The predicted octanol–water partition coefficient (Wildman–Crippen LogP) is 4.61. The monoisotopic (exact) mass is 545 g/mol. The lowest BCUT2D eigenvalue weighted by molar-refractivity contribution is 0.211. The van der Waals surface area contributed by atoms with E-state index in [-0.39, 0.29) is 0 Å². The number of para-hydroxylation sites is 1. The summed E-state index contributed by atoms with van der Waals surface area (Å²) in [4.78, 5) is 26.7. The maximum absolute atomic E-state index is 5.09. The number of piperazine rings is 1. The lowest BCUT2D eigenvalue weighted by Crippen LogP contribution is -2.47. The van der Waals surface area contributed by atoms with Crippen LogP contribution in [0.2, 0.25) is 0 Å². The first-order valence-corrected chi connectivity index (χ1v) is 14.5. The smallest absolute Gasteiger partial charge is 0.229 e. The minimum atomic E-state index is 0.343. The van der Waals surface area contributed by atoms with Crippen LogP contribution in [0.5, 0.6) is 0 Å². The molecule has 0 radical (unpaired) electrons. The van der Waals surface area contributed by atoms with Gasteiger partial charge in [0, 0.05) is 63.7 Å². The fourth-order valence-electron chi connectivity index (χ4n) is 5.85. The second-order valence-electron chi connectivity index (χ2n) is 10.8. The van der Waals surface area contributed by atoms with Gasteiger partial charge in [-0.15, -0.1) is 0 Å². The summed E-state index contributed by atoms with van der Waals surface area (Å²) in [6.45, 7) is 6.53. The highest BCUT2D eigenvalue weighted by atomic mass is 15.3. The summed E-state index contributed by atoms with van der Waals surface area (Å²) in [5.74, 6) is 2.60. The van der Waals surface area contributed by atoms with Crippen molar-refractivity contribution in [3.8, 4) is 5.69 Å². The van der Waals surface area contributed by atoms with Gasteiger partial charge in [0.15, 0.2) is 17.0 Å². The zero-order chi connectivity index (χ0) is 27.4. The van der Waals surface area contributed by atoms with E-state index in [9.17, 15) is 0 Å². The zero-order valence-electron chi connectivity index (χ0n) is 23.2. The highest BCUT2D eigenvalue weighted by molar-refractivity contribution is 5.85. The Morgan fingerprint density at radius 2 is 1.41 bits per heavy atom. The van der Waals surface area contributed by atoms with Gasteiger partial charge in [-0.25, -0.2) is 9.97 Å². The predicted molar refractivity (Wildman–Crippen MR) is 164 cm³/mol. The number of rotatable bonds is 7. The Kier molecular flexibility index (Phi) is 7.17. The summed E-state index contributed by atoms with van der Waals surface area (Å²) >= 11 is 0. The molecule has 208 valence electrons. The maximum atomic E-state index is 5.09. The first kappa shape index (κ1) is 25.5. The molecule has 2 aliphatic rings. The summed E-state index contributed by atoms with van der Waals surface area (Å²) in [5.41, 5.74) is 4.06. The summed E-state index contributed by atoms with van der Waals surface area (Å²) in [6.07, 6.45) is 5.85. The Morgan fingerprint density at radius 3 is 2.15 bits per heavy atom. The van der Waals surface area contributed by atoms with Crippen molar-refractivity contribution in [2.75, 3.05) is 54.4 Å². The molecule has 0 unspecified atom stereocenters. The fourth-order valence-corrected chi connectivity index (χ4v) is 5.85. The highest BCUT2D eigenvalue weighted by Gasteiger charge is 2.25. The lowest BCUT2D eigenvalue weighted by Gasteiger charge is -2.35. The Hall–Kier alpha value is -4.50. The number of aromatic nitrogens is 5. The van der Waals surface area contributed by atoms with Crippen LogP contribution in [0.3, 0.4) is 0 Å². The minimum Gasteiger partial charge on any atom is -0.365 e. The molecule has 1 N–H and O–H groups in total. The number of benzene rings is 2. The molecule has 41 heavy (non-hydrogen) atoms. The van der Waals surface area contributed by atoms with Crippen molar-refractivity contribution in [2.24, 2.45) is 0 Å². The van der Waals surface area contributed by atoms with Crippen LogP contribution in [0, 0.1) is 0 Å². The van der Waals surface area contributed by atoms with Crippen molar-refractivity contribution < 1.29 is 0 Å². The molecular formula is C32H35N9. The molecule has 5 heterocycles. The molecule has 7 rings (SSSR count). The van der Waals surface area contributed by atoms with Crippen LogP contribution in [0.15, 0.2) is 91.4 Å². The van der Waals surface area contributed by atoms with Crippen molar-refractivity contribution in [1.29, 1.82) is 0 Å². The van der Waals surface area contributed by atoms with Gasteiger partial charge in [0.25, 0.3) is 0 Å². The minimum absolute atomic E-state index is 0.343. The Morgan fingerprint density at radius 1 is 0.707 bits per heavy atom. The van der Waals surface area contributed by atoms with Gasteiger partial charge in [0.05, 0.1) is 0 Å². The molecule has 0 amide bonds. The topological polar surface area (TPSA) is 78.2 Å². The van der Waals surface area contributed by atoms with E-state index in [1.807, 2.05) is 42.9 Å². The third-order valence-corrected chi connectivity index (χ3v) is 8.13. The number of anilines is 3. The maximum Gasteiger partial charge on any atom is 0.229 e. The SMILES string of the molecule is c1ccc(CN2CCC(Nc3nc(N4CCN(c5ccccn5)CC4)nc4c3ncn4-c3ccccc3)CC2)cc1. The Balaban J connectivity index is 1.12. The van der Waals surface area contributed by atoms with Crippen LogP contribution in [0.4, 0.5) is 17.6 Å². The molecular weight excluding hydrogens is 510 g/mol. The highest BCUT2D eigenvalue weighted by Crippen LogP contribution is 2.28. The summed E-state index contributed by atoms with van der Waals surface area (Å²) < 4.78 is 2.07. The first-order valence-electron chi connectivity index (χ1n) is 14.5. The number of hydrogen-bond donors (Lipinski definition) is 1. The number of hydrogen-bond acceptors (Lipinski definition) is 8. The van der Waals surface area contributed by atoms with Crippen LogP contribution in [0.1, 0.15) is 18.4 Å². The molecule has 2 aromatic carbocycles. The third-order valence-electron chi connectivity index (χ3n) is 8.13. The first-order chi connectivity index (χ1) is 20.3. The average molecular weight is 546 g/mol. The van der Waals surface area contributed by atoms with Crippen molar-refractivity contribution >= 4 is 28.7 Å². The van der Waals surface area contributed by atoms with Gasteiger partial charge in [-0.3, -0.25) is 9.47 Å². The van der Waals surface area contributed by atoms with Gasteiger partial charge < -0.3 is 15.1 Å². The van der Waals surface area contributed by atoms with Gasteiger partial charge in [0.2, 0.25) is 5.95 Å². The van der Waals surface area contributed by atoms with Gasteiger partial charge in [-0.2, -0.15) is 9.97 Å². The second kappa shape index (κ2) is 11.5. The molecule has 2 aliphatic heterocycles. The molecule has 2 fully saturated rings. The van der Waals surface area contributed by atoms with E-state index in [0.29, 0.717) is 6.04 Å². The second-order valence-corrected chi connectivity index (χ2v) is 10.8. The molecule has 0 aliphatic carbocycles. The Labute approximate surface area is 240 Å². The van der Waals surface area contributed by atoms with Gasteiger partial charge >= 0.3 is 0 Å². The van der Waals surface area contributed by atoms with E-state index in [4.69, 9.17) is 15.0 Å². The van der Waals surface area contributed by atoms with Crippen molar-refractivity contribution in [2.45, 2.75) is 25.4 Å². The number of nitrogens with zero attached hydrogens (tertiary/aromatic N) is 8. The summed E-state index contributed by atoms with van der Waals surface area (Å²) in [6, 6.07) is 27.5. The number of nitrogens with one attached hydrogen (secondary N) is 1. The van der Waals surface area contributed by atoms with Gasteiger partial charge in [-0.05, 0) is 42.7 Å². The van der Waals surface area contributed by atoms with E-state index < -0.39 is 0 Å². The number of piperidine rings is 1. The van der Waals surface area contributed by atoms with Crippen LogP contribution < -0.4 is 15.1 Å². The standard InChI is InChI=1S/C32H35N9/c1-3-9-25(10-4-1)23-38-17-14-26(15-18-38)35-30-29-31(41(24-34-29)27-11-5-2-6-12-27)37-32(36-30)40-21-19-39(20-22-40)28-13-7-8-16-33-28/h1-13,16,24,26H,14-15,17-23H2,(H,35,36,37). The largest absolute Gasteiger partial charge is 0.365 e. The molecule has 5 aromatic rings. The van der Waals surface area contributed by atoms with Crippen LogP contribution >= 0.6 is 0 Å². The van der Waals surface area contributed by atoms with Gasteiger partial charge in [-0.1, -0.05) is 54.6 Å². The number of imidazole rings is 1. The average Bonchev–Trinajstić information content (AvgIpc) is 3.48. The number of likely N-dealkylation sites (tertiary alicyclic amines) is 1. The lowest BCUT2D eigenvalue weighted by atomic mass is 10.0. The number of pyridine rings is 1. The number of fused-ring (bicyclic) bond motifs is 1. The summed E-state index contributed by atoms with van der Waals surface area (Å²) in [7, 11) is 0.